The molecule has 1 aliphatic rings. The minimum atomic E-state index is -0.631. The molecule has 2 aromatic carbocycles. The third-order valence-corrected chi connectivity index (χ3v) is 4.84. The van der Waals surface area contributed by atoms with E-state index in [2.05, 4.69) is 5.32 Å². The summed E-state index contributed by atoms with van der Waals surface area (Å²) in [6.07, 6.45) is 1.93. The fraction of sp³-hybridized carbons (Fsp3) is 0.333. The first kappa shape index (κ1) is 20.9. The van der Waals surface area contributed by atoms with E-state index in [-0.39, 0.29) is 30.1 Å². The minimum absolute atomic E-state index is 0. The van der Waals surface area contributed by atoms with Crippen molar-refractivity contribution in [3.63, 3.8) is 0 Å². The van der Waals surface area contributed by atoms with Crippen LogP contribution in [0.25, 0.3) is 0 Å². The maximum atomic E-state index is 12.7. The van der Waals surface area contributed by atoms with Crippen LogP contribution in [0.2, 0.25) is 0 Å². The molecule has 5 nitrogen and oxygen atoms in total. The molecule has 2 aromatic rings. The molecule has 6 heteroatoms. The van der Waals surface area contributed by atoms with Gasteiger partial charge in [0.1, 0.15) is 6.04 Å². The maximum Gasteiger partial charge on any atom is 0.251 e. The van der Waals surface area contributed by atoms with Crippen LogP contribution in [-0.2, 0) is 4.79 Å². The lowest BCUT2D eigenvalue weighted by Gasteiger charge is -2.34. The van der Waals surface area contributed by atoms with Gasteiger partial charge in [0.15, 0.2) is 0 Å². The number of piperidine rings is 1. The zero-order valence-corrected chi connectivity index (χ0v) is 16.0. The number of halogens is 1. The zero-order chi connectivity index (χ0) is 18.4. The van der Waals surface area contributed by atoms with Gasteiger partial charge < -0.3 is 16.0 Å². The summed E-state index contributed by atoms with van der Waals surface area (Å²) in [6.45, 7) is 1.93. The SMILES string of the molecule is Cl.NC(C(=O)N1CCCC(CNC(=O)c2ccccc2)C1)c1ccccc1. The van der Waals surface area contributed by atoms with Crippen molar-refractivity contribution in [3.05, 3.63) is 71.8 Å². The van der Waals surface area contributed by atoms with Crippen LogP contribution in [0.4, 0.5) is 0 Å². The van der Waals surface area contributed by atoms with E-state index in [0.717, 1.165) is 24.9 Å². The van der Waals surface area contributed by atoms with Crippen molar-refractivity contribution in [3.8, 4) is 0 Å². The topological polar surface area (TPSA) is 75.4 Å². The number of amides is 2. The third kappa shape index (κ3) is 5.55. The Labute approximate surface area is 166 Å². The lowest BCUT2D eigenvalue weighted by molar-refractivity contribution is -0.134. The molecule has 0 radical (unpaired) electrons. The van der Waals surface area contributed by atoms with Crippen molar-refractivity contribution >= 4 is 24.2 Å². The second-order valence-corrected chi connectivity index (χ2v) is 6.76. The molecule has 0 aliphatic carbocycles. The Morgan fingerprint density at radius 1 is 1.07 bits per heavy atom. The summed E-state index contributed by atoms with van der Waals surface area (Å²) in [6, 6.07) is 18.0. The number of nitrogens with one attached hydrogen (secondary N) is 1. The van der Waals surface area contributed by atoms with Crippen LogP contribution in [0.15, 0.2) is 60.7 Å². The predicted octanol–water partition coefficient (Wildman–Crippen LogP) is 2.78. The minimum Gasteiger partial charge on any atom is -0.352 e. The highest BCUT2D eigenvalue weighted by atomic mass is 35.5. The van der Waals surface area contributed by atoms with Crippen molar-refractivity contribution in [2.75, 3.05) is 19.6 Å². The van der Waals surface area contributed by atoms with Gasteiger partial charge in [-0.25, -0.2) is 0 Å². The maximum absolute atomic E-state index is 12.7. The summed E-state index contributed by atoms with van der Waals surface area (Å²) in [5.41, 5.74) is 7.64. The van der Waals surface area contributed by atoms with Crippen LogP contribution in [0.1, 0.15) is 34.8 Å². The van der Waals surface area contributed by atoms with Gasteiger partial charge in [-0.2, -0.15) is 0 Å². The molecule has 2 amide bonds. The molecule has 3 rings (SSSR count). The highest BCUT2D eigenvalue weighted by Gasteiger charge is 2.28. The van der Waals surface area contributed by atoms with Gasteiger partial charge in [0.05, 0.1) is 0 Å². The Hall–Kier alpha value is -2.37. The molecule has 0 spiro atoms. The second kappa shape index (κ2) is 10.1. The molecule has 144 valence electrons. The number of likely N-dealkylation sites (tertiary alicyclic amines) is 1. The van der Waals surface area contributed by atoms with E-state index in [1.54, 1.807) is 12.1 Å². The predicted molar refractivity (Wildman–Crippen MR) is 109 cm³/mol. The first-order valence-corrected chi connectivity index (χ1v) is 9.07. The van der Waals surface area contributed by atoms with E-state index in [9.17, 15) is 9.59 Å². The lowest BCUT2D eigenvalue weighted by Crippen LogP contribution is -2.46. The van der Waals surface area contributed by atoms with Crippen molar-refractivity contribution < 1.29 is 9.59 Å². The molecular formula is C21H26ClN3O2. The molecule has 1 aliphatic heterocycles. The van der Waals surface area contributed by atoms with Gasteiger partial charge in [-0.1, -0.05) is 48.5 Å². The first-order chi connectivity index (χ1) is 12.6. The van der Waals surface area contributed by atoms with Gasteiger partial charge in [-0.3, -0.25) is 9.59 Å². The van der Waals surface area contributed by atoms with Gasteiger partial charge in [0.25, 0.3) is 5.91 Å². The zero-order valence-electron chi connectivity index (χ0n) is 15.2. The Morgan fingerprint density at radius 2 is 1.70 bits per heavy atom. The smallest absolute Gasteiger partial charge is 0.251 e. The van der Waals surface area contributed by atoms with Crippen LogP contribution >= 0.6 is 12.4 Å². The van der Waals surface area contributed by atoms with Gasteiger partial charge in [-0.05, 0) is 36.5 Å². The number of nitrogens with two attached hydrogens (primary N) is 1. The second-order valence-electron chi connectivity index (χ2n) is 6.76. The van der Waals surface area contributed by atoms with E-state index < -0.39 is 6.04 Å². The fourth-order valence-corrected chi connectivity index (χ4v) is 3.36. The molecule has 0 saturated carbocycles. The van der Waals surface area contributed by atoms with E-state index >= 15 is 0 Å². The van der Waals surface area contributed by atoms with Gasteiger partial charge in [0.2, 0.25) is 5.91 Å². The molecule has 3 N–H and O–H groups in total. The van der Waals surface area contributed by atoms with Crippen LogP contribution in [0, 0.1) is 5.92 Å². The number of rotatable bonds is 5. The molecule has 0 aromatic heterocycles. The largest absolute Gasteiger partial charge is 0.352 e. The number of hydrogen-bond acceptors (Lipinski definition) is 3. The third-order valence-electron chi connectivity index (χ3n) is 4.84. The standard InChI is InChI=1S/C21H25N3O2.ClH/c22-19(17-9-3-1-4-10-17)21(26)24-13-7-8-16(15-24)14-23-20(25)18-11-5-2-6-12-18;/h1-6,9-12,16,19H,7-8,13-15,22H2,(H,23,25);1H. The van der Waals surface area contributed by atoms with Crippen LogP contribution < -0.4 is 11.1 Å². The normalized spacial score (nSPS) is 17.5. The van der Waals surface area contributed by atoms with E-state index in [0.29, 0.717) is 18.7 Å². The molecule has 0 bridgehead atoms. The molecule has 27 heavy (non-hydrogen) atoms. The summed E-state index contributed by atoms with van der Waals surface area (Å²) in [4.78, 5) is 26.7. The number of benzene rings is 2. The van der Waals surface area contributed by atoms with Crippen molar-refractivity contribution in [2.24, 2.45) is 11.7 Å². The van der Waals surface area contributed by atoms with Crippen LogP contribution in [0.3, 0.4) is 0 Å². The highest BCUT2D eigenvalue weighted by Crippen LogP contribution is 2.20. The monoisotopic (exact) mass is 387 g/mol. The lowest BCUT2D eigenvalue weighted by atomic mass is 9.96. The highest BCUT2D eigenvalue weighted by molar-refractivity contribution is 5.94. The summed E-state index contributed by atoms with van der Waals surface area (Å²) in [5.74, 6) is 0.133. The molecular weight excluding hydrogens is 362 g/mol. The first-order valence-electron chi connectivity index (χ1n) is 9.07. The Bertz CT molecular complexity index is 740. The van der Waals surface area contributed by atoms with E-state index in [1.807, 2.05) is 53.4 Å². The molecule has 2 unspecified atom stereocenters. The number of carbonyl (C=O) groups excluding carboxylic acids is 2. The number of carbonyl (C=O) groups is 2. The van der Waals surface area contributed by atoms with Crippen LogP contribution in [-0.4, -0.2) is 36.3 Å². The molecule has 2 atom stereocenters. The van der Waals surface area contributed by atoms with E-state index in [4.69, 9.17) is 5.73 Å². The summed E-state index contributed by atoms with van der Waals surface area (Å²) in [7, 11) is 0. The van der Waals surface area contributed by atoms with E-state index in [1.165, 1.54) is 0 Å². The quantitative estimate of drug-likeness (QED) is 0.828. The number of nitrogens with zero attached hydrogens (tertiary/aromatic N) is 1. The summed E-state index contributed by atoms with van der Waals surface area (Å²) < 4.78 is 0. The van der Waals surface area contributed by atoms with Crippen molar-refractivity contribution in [1.29, 1.82) is 0 Å². The summed E-state index contributed by atoms with van der Waals surface area (Å²) in [5, 5.41) is 2.98. The van der Waals surface area contributed by atoms with Crippen LogP contribution in [0.5, 0.6) is 0 Å². The van der Waals surface area contributed by atoms with Gasteiger partial charge in [0, 0.05) is 25.2 Å². The molecule has 1 heterocycles. The average molecular weight is 388 g/mol. The molecule has 1 fully saturated rings. The van der Waals surface area contributed by atoms with Gasteiger partial charge in [-0.15, -0.1) is 12.4 Å². The Morgan fingerprint density at radius 3 is 2.37 bits per heavy atom. The van der Waals surface area contributed by atoms with Gasteiger partial charge >= 0.3 is 0 Å². The summed E-state index contributed by atoms with van der Waals surface area (Å²) >= 11 is 0. The molecule has 1 saturated heterocycles. The Balaban J connectivity index is 0.00000261. The average Bonchev–Trinajstić information content (AvgIpc) is 2.72. The van der Waals surface area contributed by atoms with Crippen molar-refractivity contribution in [2.45, 2.75) is 18.9 Å². The Kier molecular flexibility index (Phi) is 7.82. The fourth-order valence-electron chi connectivity index (χ4n) is 3.36. The van der Waals surface area contributed by atoms with Crippen molar-refractivity contribution in [1.82, 2.24) is 10.2 Å². The number of hydrogen-bond donors (Lipinski definition) is 2.